The fourth-order valence-corrected chi connectivity index (χ4v) is 4.63. The molecule has 7 heteroatoms. The van der Waals surface area contributed by atoms with E-state index in [1.54, 1.807) is 7.05 Å². The first kappa shape index (κ1) is 22.1. The number of hydrogen-bond donors (Lipinski definition) is 3. The first-order valence-electron chi connectivity index (χ1n) is 12.3. The molecule has 0 spiro atoms. The third-order valence-corrected chi connectivity index (χ3v) is 6.49. The lowest BCUT2D eigenvalue weighted by atomic mass is 10.1. The van der Waals surface area contributed by atoms with Gasteiger partial charge in [-0.15, -0.1) is 0 Å². The van der Waals surface area contributed by atoms with E-state index in [4.69, 9.17) is 9.40 Å². The van der Waals surface area contributed by atoms with Crippen molar-refractivity contribution < 1.29 is 4.42 Å². The van der Waals surface area contributed by atoms with Crippen LogP contribution in [-0.2, 0) is 0 Å². The molecule has 0 fully saturated rings. The van der Waals surface area contributed by atoms with Gasteiger partial charge in [0.2, 0.25) is 0 Å². The highest BCUT2D eigenvalue weighted by molar-refractivity contribution is 6.02. The van der Waals surface area contributed by atoms with Crippen LogP contribution in [0.2, 0.25) is 0 Å². The predicted octanol–water partition coefficient (Wildman–Crippen LogP) is 5.37. The minimum atomic E-state index is 0.744. The second-order valence-electron chi connectivity index (χ2n) is 8.89. The van der Waals surface area contributed by atoms with Crippen LogP contribution in [0.4, 0.5) is 0 Å². The van der Waals surface area contributed by atoms with Crippen molar-refractivity contribution in [2.24, 2.45) is 9.98 Å². The van der Waals surface area contributed by atoms with Gasteiger partial charge in [0.15, 0.2) is 11.6 Å². The van der Waals surface area contributed by atoms with Gasteiger partial charge in [-0.25, -0.2) is 0 Å². The van der Waals surface area contributed by atoms with Crippen molar-refractivity contribution in [1.82, 2.24) is 20.6 Å². The molecule has 4 heterocycles. The van der Waals surface area contributed by atoms with E-state index in [0.29, 0.717) is 0 Å². The third-order valence-electron chi connectivity index (χ3n) is 6.49. The zero-order valence-electron chi connectivity index (χ0n) is 20.4. The number of aliphatic imine (C=N–C) groups is 2. The molecule has 0 saturated carbocycles. The fraction of sp³-hybridized carbons (Fsp3) is 0.207. The van der Waals surface area contributed by atoms with Crippen LogP contribution in [0.3, 0.4) is 0 Å². The molecule has 2 aromatic carbocycles. The van der Waals surface area contributed by atoms with E-state index in [-0.39, 0.29) is 0 Å². The zero-order chi connectivity index (χ0) is 24.5. The van der Waals surface area contributed by atoms with Gasteiger partial charge in [0.25, 0.3) is 0 Å². The number of aromatic nitrogens is 2. The second-order valence-corrected chi connectivity index (χ2v) is 8.89. The number of amidine groups is 2. The first-order valence-corrected chi connectivity index (χ1v) is 12.3. The van der Waals surface area contributed by atoms with Crippen molar-refractivity contribution >= 4 is 33.5 Å². The van der Waals surface area contributed by atoms with E-state index in [1.165, 1.54) is 0 Å². The molecule has 0 atom stereocenters. The van der Waals surface area contributed by atoms with E-state index >= 15 is 0 Å². The number of nitrogens with zero attached hydrogens (tertiary/aromatic N) is 3. The molecule has 36 heavy (non-hydrogen) atoms. The van der Waals surface area contributed by atoms with Gasteiger partial charge >= 0.3 is 0 Å². The zero-order valence-corrected chi connectivity index (χ0v) is 20.4. The van der Waals surface area contributed by atoms with Gasteiger partial charge in [0.05, 0.1) is 11.4 Å². The van der Waals surface area contributed by atoms with E-state index < -0.39 is 0 Å². The minimum Gasteiger partial charge on any atom is -0.453 e. The third kappa shape index (κ3) is 4.13. The number of hydrogen-bond acceptors (Lipinski definition) is 5. The van der Waals surface area contributed by atoms with E-state index in [0.717, 1.165) is 93.4 Å². The Bertz CT molecular complexity index is 1610. The summed E-state index contributed by atoms with van der Waals surface area (Å²) in [5.74, 6) is 2.48. The summed E-state index contributed by atoms with van der Waals surface area (Å²) in [6.45, 7) is 4.68. The van der Waals surface area contributed by atoms with Crippen molar-refractivity contribution in [3.05, 3.63) is 78.2 Å². The first-order chi connectivity index (χ1) is 17.7. The summed E-state index contributed by atoms with van der Waals surface area (Å²) in [5.41, 5.74) is 7.01. The van der Waals surface area contributed by atoms with Crippen LogP contribution in [-0.4, -0.2) is 48.3 Å². The van der Waals surface area contributed by atoms with Crippen LogP contribution in [0.25, 0.3) is 44.4 Å². The molecule has 7 nitrogen and oxygen atoms in total. The number of nitrogens with one attached hydrogen (secondary N) is 3. The number of aromatic amines is 1. The van der Waals surface area contributed by atoms with Gasteiger partial charge in [-0.2, -0.15) is 0 Å². The maximum atomic E-state index is 6.08. The standard InChI is InChI=1S/C29H28N6O/c1-3-31-29(30-2)27-16-20-7-5-18(15-26(20)36-27)22-9-10-23(34-17-22)25-13-19-6-8-21(14-24(19)35-25)28-32-11-4-12-33-28/h5-10,13-17,35H,3-4,11-12H2,1-2H3,(H,30,31)(H,32,33). The van der Waals surface area contributed by atoms with E-state index in [1.807, 2.05) is 19.2 Å². The Morgan fingerprint density at radius 3 is 2.64 bits per heavy atom. The molecule has 0 aliphatic carbocycles. The minimum absolute atomic E-state index is 0.744. The molecular weight excluding hydrogens is 448 g/mol. The molecule has 0 unspecified atom stereocenters. The number of pyridine rings is 1. The van der Waals surface area contributed by atoms with Crippen LogP contribution in [0.15, 0.2) is 81.3 Å². The molecule has 3 N–H and O–H groups in total. The van der Waals surface area contributed by atoms with Crippen molar-refractivity contribution in [3.8, 4) is 22.5 Å². The Hall–Kier alpha value is -4.39. The van der Waals surface area contributed by atoms with Crippen LogP contribution in [0.1, 0.15) is 24.7 Å². The van der Waals surface area contributed by atoms with Gasteiger partial charge < -0.3 is 20.0 Å². The molecular formula is C29H28N6O. The van der Waals surface area contributed by atoms with Gasteiger partial charge in [-0.05, 0) is 49.2 Å². The normalized spacial score (nSPS) is 14.2. The Kier molecular flexibility index (Phi) is 5.73. The lowest BCUT2D eigenvalue weighted by Crippen LogP contribution is -2.30. The molecule has 1 aliphatic heterocycles. The Morgan fingerprint density at radius 2 is 1.86 bits per heavy atom. The Balaban J connectivity index is 1.27. The van der Waals surface area contributed by atoms with E-state index in [2.05, 4.69) is 80.2 Å². The van der Waals surface area contributed by atoms with Crippen LogP contribution in [0, 0.1) is 0 Å². The fourth-order valence-electron chi connectivity index (χ4n) is 4.63. The second kappa shape index (κ2) is 9.34. The highest BCUT2D eigenvalue weighted by Crippen LogP contribution is 2.29. The van der Waals surface area contributed by atoms with Gasteiger partial charge in [-0.1, -0.05) is 30.3 Å². The van der Waals surface area contributed by atoms with Crippen LogP contribution < -0.4 is 10.6 Å². The Morgan fingerprint density at radius 1 is 1.00 bits per heavy atom. The number of furan rings is 1. The highest BCUT2D eigenvalue weighted by Gasteiger charge is 2.12. The average molecular weight is 477 g/mol. The quantitative estimate of drug-likeness (QED) is 0.235. The van der Waals surface area contributed by atoms with Gasteiger partial charge in [0, 0.05) is 60.3 Å². The molecule has 0 bridgehead atoms. The van der Waals surface area contributed by atoms with Crippen molar-refractivity contribution in [3.63, 3.8) is 0 Å². The molecule has 0 saturated heterocycles. The SMILES string of the molecule is CCNC(=NC)c1cc2ccc(-c3ccc(-c4cc5ccc(C6=NCCCN6)cc5[nH]4)nc3)cc2o1. The monoisotopic (exact) mass is 476 g/mol. The van der Waals surface area contributed by atoms with Gasteiger partial charge in [0.1, 0.15) is 11.4 Å². The number of H-pyrrole nitrogens is 1. The summed E-state index contributed by atoms with van der Waals surface area (Å²) in [4.78, 5) is 17.2. The van der Waals surface area contributed by atoms with Gasteiger partial charge in [-0.3, -0.25) is 15.0 Å². The summed E-state index contributed by atoms with van der Waals surface area (Å²) in [6, 6.07) is 21.0. The number of rotatable bonds is 5. The maximum Gasteiger partial charge on any atom is 0.170 e. The topological polar surface area (TPSA) is 90.6 Å². The van der Waals surface area contributed by atoms with E-state index in [9.17, 15) is 0 Å². The summed E-state index contributed by atoms with van der Waals surface area (Å²) in [5, 5.41) is 8.84. The van der Waals surface area contributed by atoms with Crippen molar-refractivity contribution in [1.29, 1.82) is 0 Å². The van der Waals surface area contributed by atoms with Crippen LogP contribution in [0.5, 0.6) is 0 Å². The largest absolute Gasteiger partial charge is 0.453 e. The molecule has 1 aliphatic rings. The number of benzene rings is 2. The summed E-state index contributed by atoms with van der Waals surface area (Å²) < 4.78 is 6.08. The average Bonchev–Trinajstić information content (AvgIpc) is 3.55. The molecule has 0 amide bonds. The molecule has 6 rings (SSSR count). The van der Waals surface area contributed by atoms with Crippen molar-refractivity contribution in [2.75, 3.05) is 26.7 Å². The predicted molar refractivity (Wildman–Crippen MR) is 147 cm³/mol. The maximum absolute atomic E-state index is 6.08. The lowest BCUT2D eigenvalue weighted by molar-refractivity contribution is 0.599. The summed E-state index contributed by atoms with van der Waals surface area (Å²) >= 11 is 0. The van der Waals surface area contributed by atoms with Crippen molar-refractivity contribution in [2.45, 2.75) is 13.3 Å². The lowest BCUT2D eigenvalue weighted by Gasteiger charge is -2.14. The number of fused-ring (bicyclic) bond motifs is 2. The molecule has 180 valence electrons. The summed E-state index contributed by atoms with van der Waals surface area (Å²) in [6.07, 6.45) is 3.00. The highest BCUT2D eigenvalue weighted by atomic mass is 16.3. The Labute approximate surface area is 209 Å². The molecule has 0 radical (unpaired) electrons. The summed E-state index contributed by atoms with van der Waals surface area (Å²) in [7, 11) is 1.76. The smallest absolute Gasteiger partial charge is 0.170 e. The van der Waals surface area contributed by atoms with Crippen LogP contribution >= 0.6 is 0 Å². The molecule has 5 aromatic rings. The molecule has 3 aromatic heterocycles.